The molecule has 0 unspecified atom stereocenters. The van der Waals surface area contributed by atoms with Crippen molar-refractivity contribution in [1.29, 1.82) is 0 Å². The predicted octanol–water partition coefficient (Wildman–Crippen LogP) is 2.27. The number of aliphatic imine (C=N–C) groups is 1. The first kappa shape index (κ1) is 20.6. The van der Waals surface area contributed by atoms with Crippen molar-refractivity contribution in [2.24, 2.45) is 4.99 Å². The minimum Gasteiger partial charge on any atom is -0.357 e. The summed E-state index contributed by atoms with van der Waals surface area (Å²) in [5.74, 6) is -1.92. The van der Waals surface area contributed by atoms with Crippen molar-refractivity contribution in [2.45, 2.75) is 31.7 Å². The first-order valence-electron chi connectivity index (χ1n) is 10.1. The number of nitrogens with zero attached hydrogens (tertiary/aromatic N) is 4. The lowest BCUT2D eigenvalue weighted by Crippen LogP contribution is -2.40. The summed E-state index contributed by atoms with van der Waals surface area (Å²) in [4.78, 5) is 48.4. The highest BCUT2D eigenvalue weighted by molar-refractivity contribution is 6.19. The number of hydrogen-bond donors (Lipinski definition) is 1. The molecule has 1 N–H and O–H groups in total. The third kappa shape index (κ3) is 3.90. The molecule has 4 rings (SSSR count). The van der Waals surface area contributed by atoms with E-state index in [-0.39, 0.29) is 30.1 Å². The van der Waals surface area contributed by atoms with Crippen LogP contribution < -0.4 is 5.32 Å². The summed E-state index contributed by atoms with van der Waals surface area (Å²) in [6.07, 6.45) is 5.72. The lowest BCUT2D eigenvalue weighted by molar-refractivity contribution is -0.138. The maximum Gasteiger partial charge on any atom is 0.277 e. The number of rotatable bonds is 7. The number of halogens is 1. The third-order valence-electron chi connectivity index (χ3n) is 5.47. The van der Waals surface area contributed by atoms with Crippen LogP contribution in [0.15, 0.2) is 47.3 Å². The second-order valence-corrected chi connectivity index (χ2v) is 7.62. The van der Waals surface area contributed by atoms with Crippen molar-refractivity contribution in [1.82, 2.24) is 14.8 Å². The quantitative estimate of drug-likeness (QED) is 0.314. The number of carbonyl (C=O) groups is 3. The highest BCUT2D eigenvalue weighted by Crippen LogP contribution is 2.38. The van der Waals surface area contributed by atoms with Gasteiger partial charge in [-0.15, -0.1) is 0 Å². The largest absolute Gasteiger partial charge is 0.357 e. The molecular weight excluding hydrogens is 401 g/mol. The summed E-state index contributed by atoms with van der Waals surface area (Å²) < 4.78 is 14.4. The fraction of sp³-hybridized carbons (Fsp3) is 0.318. The summed E-state index contributed by atoms with van der Waals surface area (Å²) in [5.41, 5.74) is 1.50. The van der Waals surface area contributed by atoms with Crippen molar-refractivity contribution >= 4 is 35.7 Å². The average Bonchev–Trinajstić information content (AvgIpc) is 3.54. The highest BCUT2D eigenvalue weighted by atomic mass is 19.1. The van der Waals surface area contributed by atoms with Crippen LogP contribution in [-0.2, 0) is 14.4 Å². The molecule has 0 spiro atoms. The van der Waals surface area contributed by atoms with Gasteiger partial charge in [-0.1, -0.05) is 12.7 Å². The van der Waals surface area contributed by atoms with Crippen LogP contribution in [0, 0.1) is 5.95 Å². The van der Waals surface area contributed by atoms with Crippen LogP contribution in [0.4, 0.5) is 10.1 Å². The Morgan fingerprint density at radius 3 is 2.74 bits per heavy atom. The van der Waals surface area contributed by atoms with Gasteiger partial charge in [-0.05, 0) is 44.5 Å². The molecule has 0 saturated heterocycles. The van der Waals surface area contributed by atoms with Gasteiger partial charge in [0.05, 0.1) is 17.9 Å². The highest BCUT2D eigenvalue weighted by Gasteiger charge is 2.48. The van der Waals surface area contributed by atoms with E-state index in [2.05, 4.69) is 28.6 Å². The molecule has 0 atom stereocenters. The number of amides is 3. The maximum absolute atomic E-state index is 14.4. The van der Waals surface area contributed by atoms with Crippen LogP contribution in [-0.4, -0.2) is 58.4 Å². The van der Waals surface area contributed by atoms with Crippen LogP contribution in [0.5, 0.6) is 0 Å². The summed E-state index contributed by atoms with van der Waals surface area (Å²) in [6.45, 7) is 7.30. The van der Waals surface area contributed by atoms with Crippen molar-refractivity contribution in [3.05, 3.63) is 53.9 Å². The number of pyridine rings is 1. The molecule has 0 radical (unpaired) electrons. The van der Waals surface area contributed by atoms with Crippen molar-refractivity contribution in [3.63, 3.8) is 0 Å². The molecule has 1 aliphatic carbocycles. The molecule has 0 aromatic carbocycles. The lowest BCUT2D eigenvalue weighted by atomic mass is 10.0. The molecule has 1 saturated carbocycles. The zero-order chi connectivity index (χ0) is 22.1. The molecule has 2 aliphatic heterocycles. The van der Waals surface area contributed by atoms with E-state index in [0.29, 0.717) is 41.9 Å². The van der Waals surface area contributed by atoms with Crippen LogP contribution in [0.2, 0.25) is 0 Å². The molecule has 9 heteroatoms. The Morgan fingerprint density at radius 1 is 1.32 bits per heavy atom. The van der Waals surface area contributed by atoms with Crippen LogP contribution in [0.25, 0.3) is 5.57 Å². The number of anilines is 1. The molecule has 1 aromatic heterocycles. The fourth-order valence-electron chi connectivity index (χ4n) is 3.89. The van der Waals surface area contributed by atoms with E-state index in [0.717, 1.165) is 12.8 Å². The molecule has 3 aliphatic rings. The van der Waals surface area contributed by atoms with Gasteiger partial charge in [-0.25, -0.2) is 4.98 Å². The van der Waals surface area contributed by atoms with Gasteiger partial charge in [0.25, 0.3) is 11.8 Å². The molecular formula is C22H22FN5O3. The van der Waals surface area contributed by atoms with Gasteiger partial charge >= 0.3 is 0 Å². The van der Waals surface area contributed by atoms with Crippen molar-refractivity contribution in [2.75, 3.05) is 18.4 Å². The summed E-state index contributed by atoms with van der Waals surface area (Å²) in [6, 6.07) is 2.91. The Morgan fingerprint density at radius 2 is 2.10 bits per heavy atom. The topological polar surface area (TPSA) is 95.0 Å². The Kier molecular flexibility index (Phi) is 5.50. The van der Waals surface area contributed by atoms with E-state index in [1.165, 1.54) is 29.3 Å². The Hall–Kier alpha value is -3.62. The number of allylic oxidation sites excluding steroid dienone is 2. The molecule has 1 aromatic rings. The van der Waals surface area contributed by atoms with Gasteiger partial charge in [0.1, 0.15) is 5.70 Å². The van der Waals surface area contributed by atoms with E-state index >= 15 is 0 Å². The van der Waals surface area contributed by atoms with Crippen molar-refractivity contribution < 1.29 is 18.8 Å². The Bertz CT molecular complexity index is 1060. The van der Waals surface area contributed by atoms with Gasteiger partial charge in [-0.3, -0.25) is 24.3 Å². The summed E-state index contributed by atoms with van der Waals surface area (Å²) in [5, 5.41) is 2.49. The number of nitrogens with one attached hydrogen (secondary N) is 1. The fourth-order valence-corrected chi connectivity index (χ4v) is 3.89. The average molecular weight is 423 g/mol. The lowest BCUT2D eigenvalue weighted by Gasteiger charge is -2.28. The molecule has 0 bridgehead atoms. The number of aromatic nitrogens is 1. The standard InChI is InChI=1S/C22H22FN5O3/c1-3-13(11-24-2)16-8-9-17(20(23)26-16)25-18(29)12-27-10-4-5-15-19(27)22(31)28(21(15)30)14-6-7-14/h3,8-9,11,14H,1-2,4-7,10,12H2,(H,25,29)/b13-11+. The first-order chi connectivity index (χ1) is 14.9. The number of imide groups is 1. The predicted molar refractivity (Wildman–Crippen MR) is 113 cm³/mol. The first-order valence-corrected chi connectivity index (χ1v) is 10.1. The summed E-state index contributed by atoms with van der Waals surface area (Å²) >= 11 is 0. The molecule has 31 heavy (non-hydrogen) atoms. The molecule has 8 nitrogen and oxygen atoms in total. The number of hydrogen-bond acceptors (Lipinski definition) is 6. The minimum absolute atomic E-state index is 0.0224. The van der Waals surface area contributed by atoms with Crippen LogP contribution in [0.3, 0.4) is 0 Å². The Balaban J connectivity index is 1.47. The van der Waals surface area contributed by atoms with Gasteiger partial charge in [0, 0.05) is 29.9 Å². The van der Waals surface area contributed by atoms with Gasteiger partial charge in [-0.2, -0.15) is 4.39 Å². The van der Waals surface area contributed by atoms with E-state index in [4.69, 9.17) is 0 Å². The second-order valence-electron chi connectivity index (χ2n) is 7.62. The Labute approximate surface area is 178 Å². The molecule has 3 heterocycles. The maximum atomic E-state index is 14.4. The summed E-state index contributed by atoms with van der Waals surface area (Å²) in [7, 11) is 0. The van der Waals surface area contributed by atoms with Gasteiger partial charge < -0.3 is 10.2 Å². The molecule has 160 valence electrons. The number of carbonyl (C=O) groups excluding carboxylic acids is 3. The minimum atomic E-state index is -0.853. The monoisotopic (exact) mass is 423 g/mol. The second kappa shape index (κ2) is 8.25. The third-order valence-corrected chi connectivity index (χ3v) is 5.47. The van der Waals surface area contributed by atoms with Crippen molar-refractivity contribution in [3.8, 4) is 0 Å². The zero-order valence-corrected chi connectivity index (χ0v) is 16.9. The molecule has 3 amide bonds. The van der Waals surface area contributed by atoms with Gasteiger partial charge in [0.2, 0.25) is 11.9 Å². The van der Waals surface area contributed by atoms with E-state index in [1.54, 1.807) is 4.90 Å². The van der Waals surface area contributed by atoms with Crippen LogP contribution >= 0.6 is 0 Å². The van der Waals surface area contributed by atoms with E-state index < -0.39 is 11.9 Å². The van der Waals surface area contributed by atoms with Gasteiger partial charge in [0.15, 0.2) is 0 Å². The molecule has 1 fully saturated rings. The zero-order valence-electron chi connectivity index (χ0n) is 16.9. The SMILES string of the molecule is C=C/C(=C\N=C)c1ccc(NC(=O)CN2CCCC3=C2C(=O)N(C2CC2)C3=O)c(F)n1. The smallest absolute Gasteiger partial charge is 0.277 e. The normalized spacial score (nSPS) is 18.9. The van der Waals surface area contributed by atoms with E-state index in [9.17, 15) is 18.8 Å². The van der Waals surface area contributed by atoms with Crippen LogP contribution in [0.1, 0.15) is 31.4 Å². The van der Waals surface area contributed by atoms with E-state index in [1.807, 2.05) is 0 Å².